The van der Waals surface area contributed by atoms with E-state index in [1.165, 1.54) is 11.4 Å². The molecule has 1 saturated heterocycles. The van der Waals surface area contributed by atoms with Crippen molar-refractivity contribution in [3.63, 3.8) is 0 Å². The van der Waals surface area contributed by atoms with Gasteiger partial charge in [0.1, 0.15) is 10.6 Å². The molecule has 3 aromatic rings. The Balaban J connectivity index is 1.45. The Kier molecular flexibility index (Phi) is 5.35. The number of carbonyl (C=O) groups is 1. The lowest BCUT2D eigenvalue weighted by Crippen LogP contribution is -2.49. The Labute approximate surface area is 174 Å². The summed E-state index contributed by atoms with van der Waals surface area (Å²) in [6.45, 7) is 5.66. The molecule has 0 aliphatic carbocycles. The highest BCUT2D eigenvalue weighted by Gasteiger charge is 2.33. The van der Waals surface area contributed by atoms with Crippen molar-refractivity contribution in [2.75, 3.05) is 33.3 Å². The summed E-state index contributed by atoms with van der Waals surface area (Å²) in [6, 6.07) is 5.30. The van der Waals surface area contributed by atoms with Gasteiger partial charge in [0.25, 0.3) is 0 Å². The molecule has 30 heavy (non-hydrogen) atoms. The fourth-order valence-electron chi connectivity index (χ4n) is 3.72. The summed E-state index contributed by atoms with van der Waals surface area (Å²) in [4.78, 5) is 14.0. The maximum Gasteiger partial charge on any atom is 0.337 e. The van der Waals surface area contributed by atoms with Crippen molar-refractivity contribution in [3.8, 4) is 0 Å². The molecule has 3 heterocycles. The van der Waals surface area contributed by atoms with Gasteiger partial charge >= 0.3 is 5.97 Å². The molecule has 11 heteroatoms. The van der Waals surface area contributed by atoms with Crippen molar-refractivity contribution >= 4 is 26.9 Å². The molecule has 0 unspecified atom stereocenters. The number of sulfonamides is 1. The average Bonchev–Trinajstić information content (AvgIpc) is 3.30. The van der Waals surface area contributed by atoms with Gasteiger partial charge in [0, 0.05) is 31.6 Å². The Morgan fingerprint density at radius 1 is 1.20 bits per heavy atom. The standard InChI is InChI=1S/C19H23N5O5S/c1-13-18(14(2)29-21-13)30(26,27)23-8-6-22(7-9-23)12-24-17-5-4-15(19(25)28-3)10-16(17)11-20-24/h4-5,10-11H,6-9,12H2,1-3H3. The second kappa shape index (κ2) is 7.82. The number of nitrogens with zero attached hydrogens (tertiary/aromatic N) is 5. The Morgan fingerprint density at radius 2 is 1.93 bits per heavy atom. The Bertz CT molecular complexity index is 1170. The van der Waals surface area contributed by atoms with Gasteiger partial charge in [-0.05, 0) is 32.0 Å². The third-order valence-corrected chi connectivity index (χ3v) is 7.44. The van der Waals surface area contributed by atoms with E-state index in [4.69, 9.17) is 9.26 Å². The normalized spacial score (nSPS) is 16.2. The van der Waals surface area contributed by atoms with Gasteiger partial charge < -0.3 is 9.26 Å². The van der Waals surface area contributed by atoms with E-state index >= 15 is 0 Å². The van der Waals surface area contributed by atoms with Gasteiger partial charge in [0.2, 0.25) is 10.0 Å². The molecule has 0 saturated carbocycles. The van der Waals surface area contributed by atoms with Crippen LogP contribution in [0.25, 0.3) is 10.9 Å². The minimum atomic E-state index is -3.63. The molecule has 4 rings (SSSR count). The summed E-state index contributed by atoms with van der Waals surface area (Å²) in [5.41, 5.74) is 1.75. The third kappa shape index (κ3) is 3.59. The number of rotatable bonds is 5. The number of carbonyl (C=O) groups excluding carboxylic acids is 1. The molecule has 0 atom stereocenters. The van der Waals surface area contributed by atoms with Crippen molar-refractivity contribution in [2.24, 2.45) is 0 Å². The first-order valence-electron chi connectivity index (χ1n) is 9.50. The van der Waals surface area contributed by atoms with Gasteiger partial charge in [-0.2, -0.15) is 9.40 Å². The summed E-state index contributed by atoms with van der Waals surface area (Å²) >= 11 is 0. The summed E-state index contributed by atoms with van der Waals surface area (Å²) in [5, 5.41) is 9.02. The van der Waals surface area contributed by atoms with E-state index < -0.39 is 10.0 Å². The quantitative estimate of drug-likeness (QED) is 0.555. The van der Waals surface area contributed by atoms with E-state index in [1.807, 2.05) is 10.7 Å². The van der Waals surface area contributed by atoms with E-state index in [1.54, 1.807) is 32.2 Å². The van der Waals surface area contributed by atoms with Crippen molar-refractivity contribution in [2.45, 2.75) is 25.4 Å². The molecule has 0 radical (unpaired) electrons. The van der Waals surface area contributed by atoms with Crippen molar-refractivity contribution in [1.29, 1.82) is 0 Å². The predicted molar refractivity (Wildman–Crippen MR) is 107 cm³/mol. The molecule has 2 aromatic heterocycles. The number of benzene rings is 1. The van der Waals surface area contributed by atoms with Crippen molar-refractivity contribution in [3.05, 3.63) is 41.4 Å². The van der Waals surface area contributed by atoms with Crippen LogP contribution in [0.4, 0.5) is 0 Å². The minimum absolute atomic E-state index is 0.162. The van der Waals surface area contributed by atoms with Crippen LogP contribution in [-0.2, 0) is 21.4 Å². The Hall–Kier alpha value is -2.76. The average molecular weight is 433 g/mol. The first-order valence-corrected chi connectivity index (χ1v) is 10.9. The maximum atomic E-state index is 13.0. The zero-order valence-electron chi connectivity index (χ0n) is 17.0. The van der Waals surface area contributed by atoms with Gasteiger partial charge in [-0.3, -0.25) is 9.58 Å². The molecular formula is C19H23N5O5S. The third-order valence-electron chi connectivity index (χ3n) is 5.29. The largest absolute Gasteiger partial charge is 0.465 e. The van der Waals surface area contributed by atoms with E-state index in [-0.39, 0.29) is 10.9 Å². The highest BCUT2D eigenvalue weighted by Crippen LogP contribution is 2.24. The lowest BCUT2D eigenvalue weighted by molar-refractivity contribution is 0.0601. The number of ether oxygens (including phenoxy) is 1. The Morgan fingerprint density at radius 3 is 2.57 bits per heavy atom. The van der Waals surface area contributed by atoms with Crippen LogP contribution in [0.5, 0.6) is 0 Å². The molecule has 0 spiro atoms. The number of hydrogen-bond donors (Lipinski definition) is 0. The van der Waals surface area contributed by atoms with Crippen molar-refractivity contribution < 1.29 is 22.5 Å². The molecule has 0 N–H and O–H groups in total. The van der Waals surface area contributed by atoms with Gasteiger partial charge in [-0.25, -0.2) is 13.2 Å². The lowest BCUT2D eigenvalue weighted by Gasteiger charge is -2.33. The maximum absolute atomic E-state index is 13.0. The zero-order chi connectivity index (χ0) is 21.5. The van der Waals surface area contributed by atoms with Gasteiger partial charge in [-0.15, -0.1) is 0 Å². The molecule has 1 aliphatic rings. The second-order valence-corrected chi connectivity index (χ2v) is 9.10. The first-order chi connectivity index (χ1) is 14.3. The van der Waals surface area contributed by atoms with E-state index in [0.717, 1.165) is 10.9 Å². The first kappa shape index (κ1) is 20.5. The van der Waals surface area contributed by atoms with E-state index in [0.29, 0.717) is 49.9 Å². The summed E-state index contributed by atoms with van der Waals surface area (Å²) in [5.74, 6) is -0.0791. The van der Waals surface area contributed by atoms with Crippen LogP contribution in [0.2, 0.25) is 0 Å². The molecule has 160 valence electrons. The second-order valence-electron chi connectivity index (χ2n) is 7.23. The summed E-state index contributed by atoms with van der Waals surface area (Å²) < 4.78 is 39.0. The number of aromatic nitrogens is 3. The topological polar surface area (TPSA) is 111 Å². The number of esters is 1. The predicted octanol–water partition coefficient (Wildman–Crippen LogP) is 1.39. The molecule has 1 aromatic carbocycles. The highest BCUT2D eigenvalue weighted by molar-refractivity contribution is 7.89. The number of piperazine rings is 1. The number of hydrogen-bond acceptors (Lipinski definition) is 8. The lowest BCUT2D eigenvalue weighted by atomic mass is 10.1. The molecule has 10 nitrogen and oxygen atoms in total. The van der Waals surface area contributed by atoms with Crippen LogP contribution in [0.1, 0.15) is 21.8 Å². The van der Waals surface area contributed by atoms with Crippen LogP contribution in [-0.4, -0.2) is 71.8 Å². The highest BCUT2D eigenvalue weighted by atomic mass is 32.2. The SMILES string of the molecule is COC(=O)c1ccc2c(cnn2CN2CCN(S(=O)(=O)c3c(C)noc3C)CC2)c1. The van der Waals surface area contributed by atoms with Crippen LogP contribution in [0.3, 0.4) is 0 Å². The zero-order valence-corrected chi connectivity index (χ0v) is 17.8. The number of aryl methyl sites for hydroxylation is 2. The van der Waals surface area contributed by atoms with E-state index in [9.17, 15) is 13.2 Å². The molecule has 1 aliphatic heterocycles. The summed E-state index contributed by atoms with van der Waals surface area (Å²) in [6.07, 6.45) is 1.71. The van der Waals surface area contributed by atoms with Crippen LogP contribution >= 0.6 is 0 Å². The van der Waals surface area contributed by atoms with E-state index in [2.05, 4.69) is 15.2 Å². The number of fused-ring (bicyclic) bond motifs is 1. The van der Waals surface area contributed by atoms with Gasteiger partial charge in [0.15, 0.2) is 5.76 Å². The van der Waals surface area contributed by atoms with Crippen LogP contribution in [0.15, 0.2) is 33.8 Å². The molecule has 1 fully saturated rings. The minimum Gasteiger partial charge on any atom is -0.465 e. The summed E-state index contributed by atoms with van der Waals surface area (Å²) in [7, 11) is -2.28. The smallest absolute Gasteiger partial charge is 0.337 e. The fraction of sp³-hybridized carbons (Fsp3) is 0.421. The van der Waals surface area contributed by atoms with Crippen LogP contribution in [0, 0.1) is 13.8 Å². The van der Waals surface area contributed by atoms with Crippen molar-refractivity contribution in [1.82, 2.24) is 24.1 Å². The van der Waals surface area contributed by atoms with Gasteiger partial charge in [-0.1, -0.05) is 5.16 Å². The number of methoxy groups -OCH3 is 1. The van der Waals surface area contributed by atoms with Gasteiger partial charge in [0.05, 0.1) is 31.1 Å². The van der Waals surface area contributed by atoms with Crippen LogP contribution < -0.4 is 0 Å². The molecule has 0 bridgehead atoms. The fourth-order valence-corrected chi connectivity index (χ4v) is 5.43. The molecular weight excluding hydrogens is 410 g/mol. The monoisotopic (exact) mass is 433 g/mol. The molecule has 0 amide bonds.